The van der Waals surface area contributed by atoms with Crippen molar-refractivity contribution in [2.75, 3.05) is 67.8 Å². The predicted octanol–water partition coefficient (Wildman–Crippen LogP) is 3.30. The molecule has 17 heteroatoms. The number of carbonyl (C=O) groups is 7. The molecule has 2 amide bonds. The lowest BCUT2D eigenvalue weighted by Gasteiger charge is -2.23. The Kier molecular flexibility index (Phi) is 27.2. The molecule has 0 saturated heterocycles. The van der Waals surface area contributed by atoms with Crippen LogP contribution in [-0.4, -0.2) is 134 Å². The smallest absolute Gasteiger partial charge is 0.333 e. The topological polar surface area (TPSA) is 192 Å². The van der Waals surface area contributed by atoms with Gasteiger partial charge < -0.3 is 38.6 Å². The van der Waals surface area contributed by atoms with E-state index in [1.807, 2.05) is 0 Å². The zero-order valence-corrected chi connectivity index (χ0v) is 34.4. The normalized spacial score (nSPS) is 12.6. The fourth-order valence-corrected chi connectivity index (χ4v) is 5.55. The lowest BCUT2D eigenvalue weighted by Crippen LogP contribution is -2.34. The molecule has 0 bridgehead atoms. The van der Waals surface area contributed by atoms with Gasteiger partial charge in [-0.1, -0.05) is 58.0 Å². The monoisotopic (exact) mass is 868 g/mol. The molecule has 4 atom stereocenters. The summed E-state index contributed by atoms with van der Waals surface area (Å²) in [7, 11) is 6.39. The third-order valence-corrected chi connectivity index (χ3v) is 8.19. The van der Waals surface area contributed by atoms with Gasteiger partial charge >= 0.3 is 29.8 Å². The van der Waals surface area contributed by atoms with Crippen LogP contribution in [-0.2, 0) is 57.2 Å². The molecule has 0 aromatic carbocycles. The van der Waals surface area contributed by atoms with E-state index in [0.717, 1.165) is 0 Å². The van der Waals surface area contributed by atoms with Gasteiger partial charge in [-0.2, -0.15) is 0 Å². The first-order chi connectivity index (χ1) is 24.2. The largest absolute Gasteiger partial charge is 0.462 e. The van der Waals surface area contributed by atoms with Gasteiger partial charge in [-0.25, -0.2) is 14.4 Å². The second-order valence-electron chi connectivity index (χ2n) is 12.0. The maximum absolute atomic E-state index is 13.0. The molecule has 0 aromatic rings. The maximum Gasteiger partial charge on any atom is 0.333 e. The Balaban J connectivity index is 0. The van der Waals surface area contributed by atoms with Crippen LogP contribution >= 0.6 is 31.9 Å². The average molecular weight is 871 g/mol. The van der Waals surface area contributed by atoms with E-state index in [1.165, 1.54) is 23.6 Å². The number of alkyl halides is 2. The number of esters is 5. The SMILES string of the molecule is C=C(C)C(=O)OCCO.C=C(C)C(=O)OCCOC(=O)C(CCCC(CC(Br)C(=O)N(C)C)C(=O)OCCOC(=O)C(=C)C)CC(Br)C(=O)N(C)C. The third kappa shape index (κ3) is 23.1. The number of carbonyl (C=O) groups excluding carboxylic acids is 7. The highest BCUT2D eigenvalue weighted by Gasteiger charge is 2.31. The minimum atomic E-state index is -0.716. The lowest BCUT2D eigenvalue weighted by molar-refractivity contribution is -0.154. The number of aliphatic hydroxyl groups excluding tert-OH is 1. The molecular formula is C35H54Br2N2O13. The van der Waals surface area contributed by atoms with Gasteiger partial charge in [0, 0.05) is 44.9 Å². The Hall–Kier alpha value is -3.57. The van der Waals surface area contributed by atoms with Crippen LogP contribution in [0, 0.1) is 11.8 Å². The van der Waals surface area contributed by atoms with Crippen molar-refractivity contribution in [3.63, 3.8) is 0 Å². The number of nitrogens with zero attached hydrogens (tertiary/aromatic N) is 2. The van der Waals surface area contributed by atoms with Crippen molar-refractivity contribution in [1.82, 2.24) is 9.80 Å². The van der Waals surface area contributed by atoms with Gasteiger partial charge in [-0.05, 0) is 46.5 Å². The van der Waals surface area contributed by atoms with Crippen molar-refractivity contribution in [3.8, 4) is 0 Å². The van der Waals surface area contributed by atoms with Crippen LogP contribution in [0.1, 0.15) is 52.9 Å². The molecular weight excluding hydrogens is 816 g/mol. The van der Waals surface area contributed by atoms with Crippen LogP contribution in [0.4, 0.5) is 0 Å². The Labute approximate surface area is 323 Å². The molecule has 0 spiro atoms. The number of hydrogen-bond acceptors (Lipinski definition) is 13. The van der Waals surface area contributed by atoms with Crippen molar-refractivity contribution in [1.29, 1.82) is 0 Å². The van der Waals surface area contributed by atoms with Crippen molar-refractivity contribution in [2.24, 2.45) is 11.8 Å². The van der Waals surface area contributed by atoms with E-state index in [-0.39, 0.29) is 88.3 Å². The quantitative estimate of drug-likeness (QED) is 0.0518. The summed E-state index contributed by atoms with van der Waals surface area (Å²) in [5.41, 5.74) is 0.781. The van der Waals surface area contributed by atoms with Gasteiger partial charge in [-0.3, -0.25) is 19.2 Å². The number of aliphatic hydroxyl groups is 1. The van der Waals surface area contributed by atoms with E-state index < -0.39 is 51.3 Å². The van der Waals surface area contributed by atoms with Crippen LogP contribution in [0.3, 0.4) is 0 Å². The Morgan fingerprint density at radius 1 is 0.558 bits per heavy atom. The fraction of sp³-hybridized carbons (Fsp3) is 0.629. The summed E-state index contributed by atoms with van der Waals surface area (Å²) in [6, 6.07) is 0. The van der Waals surface area contributed by atoms with Gasteiger partial charge in [0.05, 0.1) is 28.1 Å². The summed E-state index contributed by atoms with van der Waals surface area (Å²) >= 11 is 6.70. The highest BCUT2D eigenvalue weighted by atomic mass is 79.9. The predicted molar refractivity (Wildman–Crippen MR) is 199 cm³/mol. The summed E-state index contributed by atoms with van der Waals surface area (Å²) < 4.78 is 25.0. The van der Waals surface area contributed by atoms with Gasteiger partial charge in [-0.15, -0.1) is 0 Å². The van der Waals surface area contributed by atoms with E-state index in [0.29, 0.717) is 12.0 Å². The molecule has 0 saturated carbocycles. The van der Waals surface area contributed by atoms with Gasteiger partial charge in [0.15, 0.2) is 0 Å². The highest BCUT2D eigenvalue weighted by molar-refractivity contribution is 9.10. The molecule has 296 valence electrons. The average Bonchev–Trinajstić information content (AvgIpc) is 3.08. The number of ether oxygens (including phenoxy) is 5. The number of amides is 2. The number of hydrogen-bond donors (Lipinski definition) is 1. The van der Waals surface area contributed by atoms with Gasteiger partial charge in [0.1, 0.15) is 33.0 Å². The first-order valence-corrected chi connectivity index (χ1v) is 18.1. The summed E-state index contributed by atoms with van der Waals surface area (Å²) in [5, 5.41) is 8.19. The fourth-order valence-electron chi connectivity index (χ4n) is 3.83. The van der Waals surface area contributed by atoms with Crippen LogP contribution in [0.15, 0.2) is 36.5 Å². The molecule has 0 rings (SSSR count). The highest BCUT2D eigenvalue weighted by Crippen LogP contribution is 2.26. The molecule has 15 nitrogen and oxygen atoms in total. The summed E-state index contributed by atoms with van der Waals surface area (Å²) in [4.78, 5) is 85.9. The molecule has 0 heterocycles. The maximum atomic E-state index is 13.0. The van der Waals surface area contributed by atoms with Crippen molar-refractivity contribution < 1.29 is 62.4 Å². The molecule has 0 aliphatic carbocycles. The molecule has 0 aromatic heterocycles. The zero-order valence-electron chi connectivity index (χ0n) is 31.2. The third-order valence-electron chi connectivity index (χ3n) is 6.66. The summed E-state index contributed by atoms with van der Waals surface area (Å²) in [6.07, 6.45) is 1.15. The summed E-state index contributed by atoms with van der Waals surface area (Å²) in [5.74, 6) is -4.72. The second kappa shape index (κ2) is 28.0. The van der Waals surface area contributed by atoms with E-state index in [9.17, 15) is 33.6 Å². The Morgan fingerprint density at radius 2 is 0.846 bits per heavy atom. The van der Waals surface area contributed by atoms with Crippen LogP contribution in [0.2, 0.25) is 0 Å². The minimum absolute atomic E-state index is 0.0473. The molecule has 0 aliphatic rings. The first-order valence-electron chi connectivity index (χ1n) is 16.3. The first kappa shape index (κ1) is 50.5. The van der Waals surface area contributed by atoms with Gasteiger partial charge in [0.25, 0.3) is 0 Å². The molecule has 52 heavy (non-hydrogen) atoms. The van der Waals surface area contributed by atoms with E-state index in [4.69, 9.17) is 24.1 Å². The lowest BCUT2D eigenvalue weighted by atomic mass is 9.91. The van der Waals surface area contributed by atoms with Crippen molar-refractivity contribution in [2.45, 2.75) is 62.5 Å². The van der Waals surface area contributed by atoms with Crippen LogP contribution in [0.25, 0.3) is 0 Å². The van der Waals surface area contributed by atoms with E-state index in [2.05, 4.69) is 56.3 Å². The number of rotatable bonds is 23. The standard InChI is InChI=1S/C29H44Br2N2O10.C6H10O3/c1-18(2)26(36)40-12-14-42-28(38)20(16-22(30)24(34)32(5)6)10-9-11-21(17-23(31)25(35)33(7)8)29(39)43-15-13-41-27(37)19(3)4;1-5(2)6(8)9-4-3-7/h20-23H,1,3,9-17H2,2,4-8H3;7H,1,3-4H2,2H3. The van der Waals surface area contributed by atoms with Crippen LogP contribution < -0.4 is 0 Å². The molecule has 0 aliphatic heterocycles. The van der Waals surface area contributed by atoms with Crippen molar-refractivity contribution >= 4 is 73.5 Å². The minimum Gasteiger partial charge on any atom is -0.462 e. The Morgan fingerprint density at radius 3 is 1.12 bits per heavy atom. The summed E-state index contributed by atoms with van der Waals surface area (Å²) in [6.45, 7) is 14.1. The zero-order chi connectivity index (χ0) is 40.6. The molecule has 0 radical (unpaired) electrons. The number of halogens is 2. The van der Waals surface area contributed by atoms with E-state index in [1.54, 1.807) is 35.1 Å². The Bertz CT molecular complexity index is 1180. The van der Waals surface area contributed by atoms with Gasteiger partial charge in [0.2, 0.25) is 11.8 Å². The second-order valence-corrected chi connectivity index (χ2v) is 14.2. The molecule has 0 fully saturated rings. The van der Waals surface area contributed by atoms with E-state index >= 15 is 0 Å². The molecule has 4 unspecified atom stereocenters. The molecule has 1 N–H and O–H groups in total. The van der Waals surface area contributed by atoms with Crippen LogP contribution in [0.5, 0.6) is 0 Å². The van der Waals surface area contributed by atoms with Crippen molar-refractivity contribution in [3.05, 3.63) is 36.5 Å².